The number of aromatic nitrogens is 1. The second-order valence-electron chi connectivity index (χ2n) is 5.64. The number of nitrogens with zero attached hydrogens (tertiary/aromatic N) is 1. The van der Waals surface area contributed by atoms with E-state index >= 15 is 0 Å². The van der Waals surface area contributed by atoms with E-state index in [9.17, 15) is 9.18 Å². The molecule has 0 aliphatic rings. The second-order valence-corrected chi connectivity index (χ2v) is 5.64. The van der Waals surface area contributed by atoms with Gasteiger partial charge in [0.2, 0.25) is 5.95 Å². The van der Waals surface area contributed by atoms with Crippen molar-refractivity contribution in [2.45, 2.75) is 39.5 Å². The fraction of sp³-hybridized carbons (Fsp3) is 0.333. The van der Waals surface area contributed by atoms with Crippen LogP contribution in [0.2, 0.25) is 0 Å². The van der Waals surface area contributed by atoms with Crippen LogP contribution in [0.3, 0.4) is 0 Å². The van der Waals surface area contributed by atoms with Crippen LogP contribution < -0.4 is 11.1 Å². The molecule has 0 spiro atoms. The molecular formula is C18H22FN3O. The number of nitrogens with two attached hydrogens (primary N) is 1. The quantitative estimate of drug-likeness (QED) is 0.623. The first-order valence-corrected chi connectivity index (χ1v) is 7.84. The Hall–Kier alpha value is -2.43. The summed E-state index contributed by atoms with van der Waals surface area (Å²) in [7, 11) is 0. The SMILES string of the molecule is CCCCCc1ccc(NC(=O)c2cc(C)c(F)nc2N)cc1. The molecule has 0 aliphatic heterocycles. The zero-order chi connectivity index (χ0) is 16.8. The van der Waals surface area contributed by atoms with Crippen LogP contribution in [-0.2, 0) is 6.42 Å². The normalized spacial score (nSPS) is 10.6. The van der Waals surface area contributed by atoms with Gasteiger partial charge in [0.05, 0.1) is 5.56 Å². The van der Waals surface area contributed by atoms with Gasteiger partial charge in [0.25, 0.3) is 5.91 Å². The first-order chi connectivity index (χ1) is 11.0. The summed E-state index contributed by atoms with van der Waals surface area (Å²) in [5.41, 5.74) is 8.01. The molecule has 1 amide bonds. The molecule has 0 saturated carbocycles. The van der Waals surface area contributed by atoms with Crippen LogP contribution in [0.5, 0.6) is 0 Å². The van der Waals surface area contributed by atoms with Gasteiger partial charge in [-0.15, -0.1) is 0 Å². The monoisotopic (exact) mass is 315 g/mol. The van der Waals surface area contributed by atoms with Gasteiger partial charge >= 0.3 is 0 Å². The second kappa shape index (κ2) is 7.72. The summed E-state index contributed by atoms with van der Waals surface area (Å²) in [5, 5.41) is 2.76. The molecule has 0 aliphatic carbocycles. The Bertz CT molecular complexity index is 683. The number of nitrogens with one attached hydrogen (secondary N) is 1. The van der Waals surface area contributed by atoms with Gasteiger partial charge in [-0.1, -0.05) is 31.9 Å². The predicted octanol–water partition coefficient (Wildman–Crippen LogP) is 4.10. The third kappa shape index (κ3) is 4.52. The summed E-state index contributed by atoms with van der Waals surface area (Å²) in [6, 6.07) is 9.13. The average molecular weight is 315 g/mol. The van der Waals surface area contributed by atoms with Crippen LogP contribution in [0, 0.1) is 12.9 Å². The third-order valence-electron chi connectivity index (χ3n) is 3.71. The van der Waals surface area contributed by atoms with Gasteiger partial charge in [-0.2, -0.15) is 4.39 Å². The Kier molecular flexibility index (Phi) is 5.68. The number of aryl methyl sites for hydroxylation is 2. The smallest absolute Gasteiger partial charge is 0.259 e. The first kappa shape index (κ1) is 16.9. The maximum absolute atomic E-state index is 13.3. The van der Waals surface area contributed by atoms with E-state index in [1.807, 2.05) is 24.3 Å². The van der Waals surface area contributed by atoms with Crippen molar-refractivity contribution in [1.82, 2.24) is 4.98 Å². The zero-order valence-corrected chi connectivity index (χ0v) is 13.5. The molecule has 4 nitrogen and oxygen atoms in total. The number of amides is 1. The lowest BCUT2D eigenvalue weighted by Gasteiger charge is -2.09. The molecule has 0 unspecified atom stereocenters. The molecule has 122 valence electrons. The molecule has 3 N–H and O–H groups in total. The molecular weight excluding hydrogens is 293 g/mol. The highest BCUT2D eigenvalue weighted by Crippen LogP contribution is 2.17. The van der Waals surface area contributed by atoms with Gasteiger partial charge < -0.3 is 11.1 Å². The van der Waals surface area contributed by atoms with Crippen molar-refractivity contribution in [3.63, 3.8) is 0 Å². The molecule has 0 bridgehead atoms. The number of benzene rings is 1. The molecule has 5 heteroatoms. The molecule has 2 rings (SSSR count). The topological polar surface area (TPSA) is 68.0 Å². The Morgan fingerprint density at radius 3 is 2.61 bits per heavy atom. The Balaban J connectivity index is 2.04. The number of halogens is 1. The summed E-state index contributed by atoms with van der Waals surface area (Å²) in [4.78, 5) is 15.8. The molecule has 1 heterocycles. The maximum atomic E-state index is 13.3. The maximum Gasteiger partial charge on any atom is 0.259 e. The number of carbonyl (C=O) groups is 1. The van der Waals surface area contributed by atoms with Crippen molar-refractivity contribution in [3.8, 4) is 0 Å². The Morgan fingerprint density at radius 1 is 1.26 bits per heavy atom. The van der Waals surface area contributed by atoms with Crippen molar-refractivity contribution >= 4 is 17.4 Å². The molecule has 0 fully saturated rings. The standard InChI is InChI=1S/C18H22FN3O/c1-3-4-5-6-13-7-9-14(10-8-13)21-18(23)15-11-12(2)16(19)22-17(15)20/h7-11H,3-6H2,1-2H3,(H2,20,22)(H,21,23). The summed E-state index contributed by atoms with van der Waals surface area (Å²) in [5.74, 6) is -1.16. The summed E-state index contributed by atoms with van der Waals surface area (Å²) in [6.07, 6.45) is 4.62. The molecule has 2 aromatic rings. The van der Waals surface area contributed by atoms with Gasteiger partial charge in [-0.05, 0) is 43.5 Å². The highest BCUT2D eigenvalue weighted by molar-refractivity contribution is 6.07. The van der Waals surface area contributed by atoms with E-state index in [-0.39, 0.29) is 16.9 Å². The van der Waals surface area contributed by atoms with Crippen LogP contribution in [0.1, 0.15) is 47.7 Å². The lowest BCUT2D eigenvalue weighted by molar-refractivity contribution is 0.102. The van der Waals surface area contributed by atoms with E-state index in [1.54, 1.807) is 6.92 Å². The molecule has 1 aromatic heterocycles. The van der Waals surface area contributed by atoms with Crippen molar-refractivity contribution in [2.75, 3.05) is 11.1 Å². The largest absolute Gasteiger partial charge is 0.383 e. The lowest BCUT2D eigenvalue weighted by atomic mass is 10.1. The molecule has 0 radical (unpaired) electrons. The summed E-state index contributed by atoms with van der Waals surface area (Å²) >= 11 is 0. The van der Waals surface area contributed by atoms with E-state index in [2.05, 4.69) is 17.2 Å². The number of nitrogen functional groups attached to an aromatic ring is 1. The Labute approximate surface area is 135 Å². The van der Waals surface area contributed by atoms with Gasteiger partial charge in [0.1, 0.15) is 5.82 Å². The fourth-order valence-corrected chi connectivity index (χ4v) is 2.32. The molecule has 0 atom stereocenters. The van der Waals surface area contributed by atoms with Crippen molar-refractivity contribution in [1.29, 1.82) is 0 Å². The minimum atomic E-state index is -0.657. The third-order valence-corrected chi connectivity index (χ3v) is 3.71. The van der Waals surface area contributed by atoms with E-state index in [0.717, 1.165) is 6.42 Å². The molecule has 23 heavy (non-hydrogen) atoms. The number of hydrogen-bond acceptors (Lipinski definition) is 3. The summed E-state index contributed by atoms with van der Waals surface area (Å²) in [6.45, 7) is 3.72. The highest BCUT2D eigenvalue weighted by atomic mass is 19.1. The number of rotatable bonds is 6. The van der Waals surface area contributed by atoms with Gasteiger partial charge in [0.15, 0.2) is 0 Å². The van der Waals surface area contributed by atoms with Gasteiger partial charge in [0, 0.05) is 11.3 Å². The number of anilines is 2. The number of unbranched alkanes of at least 4 members (excludes halogenated alkanes) is 2. The van der Waals surface area contributed by atoms with E-state index in [4.69, 9.17) is 5.73 Å². The lowest BCUT2D eigenvalue weighted by Crippen LogP contribution is -2.16. The van der Waals surface area contributed by atoms with E-state index in [1.165, 1.54) is 30.9 Å². The van der Waals surface area contributed by atoms with Gasteiger partial charge in [-0.3, -0.25) is 4.79 Å². The van der Waals surface area contributed by atoms with Crippen LogP contribution in [0.25, 0.3) is 0 Å². The molecule has 0 saturated heterocycles. The van der Waals surface area contributed by atoms with E-state index in [0.29, 0.717) is 5.69 Å². The van der Waals surface area contributed by atoms with Crippen LogP contribution in [-0.4, -0.2) is 10.9 Å². The predicted molar refractivity (Wildman–Crippen MR) is 91.0 cm³/mol. The highest BCUT2D eigenvalue weighted by Gasteiger charge is 2.14. The molecule has 1 aromatic carbocycles. The van der Waals surface area contributed by atoms with Crippen molar-refractivity contribution < 1.29 is 9.18 Å². The van der Waals surface area contributed by atoms with Gasteiger partial charge in [-0.25, -0.2) is 4.98 Å². The number of carbonyl (C=O) groups excluding carboxylic acids is 1. The fourth-order valence-electron chi connectivity index (χ4n) is 2.32. The van der Waals surface area contributed by atoms with Crippen LogP contribution in [0.15, 0.2) is 30.3 Å². The van der Waals surface area contributed by atoms with E-state index < -0.39 is 11.9 Å². The average Bonchev–Trinajstić information content (AvgIpc) is 2.52. The number of hydrogen-bond donors (Lipinski definition) is 2. The minimum Gasteiger partial charge on any atom is -0.383 e. The minimum absolute atomic E-state index is 0.109. The van der Waals surface area contributed by atoms with Crippen LogP contribution >= 0.6 is 0 Å². The van der Waals surface area contributed by atoms with Crippen molar-refractivity contribution in [3.05, 3.63) is 53.0 Å². The first-order valence-electron chi connectivity index (χ1n) is 7.84. The number of pyridine rings is 1. The van der Waals surface area contributed by atoms with Crippen molar-refractivity contribution in [2.24, 2.45) is 0 Å². The zero-order valence-electron chi connectivity index (χ0n) is 13.5. The summed E-state index contributed by atoms with van der Waals surface area (Å²) < 4.78 is 13.3. The Morgan fingerprint density at radius 2 is 1.96 bits per heavy atom. The van der Waals surface area contributed by atoms with Crippen LogP contribution in [0.4, 0.5) is 15.9 Å².